The Balaban J connectivity index is 1.58. The van der Waals surface area contributed by atoms with E-state index in [0.29, 0.717) is 16.3 Å². The Bertz CT molecular complexity index is 1290. The van der Waals surface area contributed by atoms with E-state index in [9.17, 15) is 13.2 Å². The normalized spacial score (nSPS) is 11.5. The summed E-state index contributed by atoms with van der Waals surface area (Å²) in [6, 6.07) is 17.6. The number of aryl methyl sites for hydroxylation is 1. The minimum Gasteiger partial charge on any atom is -0.422 e. The molecule has 0 aliphatic carbocycles. The van der Waals surface area contributed by atoms with Crippen molar-refractivity contribution in [2.45, 2.75) is 6.92 Å². The van der Waals surface area contributed by atoms with Crippen LogP contribution in [-0.2, 0) is 10.0 Å². The molecule has 4 aromatic rings. The lowest BCUT2D eigenvalue weighted by Crippen LogP contribution is -2.10. The van der Waals surface area contributed by atoms with Crippen molar-refractivity contribution in [3.63, 3.8) is 0 Å². The van der Waals surface area contributed by atoms with Gasteiger partial charge in [0.15, 0.2) is 0 Å². The summed E-state index contributed by atoms with van der Waals surface area (Å²) in [5.74, 6) is -0.151. The first-order valence-electron chi connectivity index (χ1n) is 8.65. The van der Waals surface area contributed by atoms with Crippen LogP contribution < -0.4 is 9.46 Å². The van der Waals surface area contributed by atoms with E-state index in [-0.39, 0.29) is 0 Å². The predicted molar refractivity (Wildman–Crippen MR) is 114 cm³/mol. The Labute approximate surface area is 171 Å². The number of carbonyl (C=O) groups excluding carboxylic acids is 1. The van der Waals surface area contributed by atoms with Gasteiger partial charge in [0.1, 0.15) is 15.5 Å². The predicted octanol–water partition coefficient (Wildman–Crippen LogP) is 3.99. The van der Waals surface area contributed by atoms with Crippen LogP contribution in [-0.4, -0.2) is 30.4 Å². The molecule has 0 unspecified atom stereocenters. The molecular formula is C20H17N3O4S2. The van der Waals surface area contributed by atoms with Crippen molar-refractivity contribution in [3.05, 3.63) is 71.2 Å². The van der Waals surface area contributed by atoms with Crippen LogP contribution in [0, 0.1) is 6.92 Å². The summed E-state index contributed by atoms with van der Waals surface area (Å²) >= 11 is 1.31. The second-order valence-electron chi connectivity index (χ2n) is 6.45. The highest BCUT2D eigenvalue weighted by atomic mass is 32.2. The first-order chi connectivity index (χ1) is 13.8. The van der Waals surface area contributed by atoms with Gasteiger partial charge in [-0.15, -0.1) is 11.3 Å². The zero-order chi connectivity index (χ0) is 20.6. The number of carbonyl (C=O) groups is 1. The number of thiophene rings is 1. The van der Waals surface area contributed by atoms with Gasteiger partial charge in [-0.3, -0.25) is 4.72 Å². The van der Waals surface area contributed by atoms with Crippen molar-refractivity contribution in [1.82, 2.24) is 9.78 Å². The summed E-state index contributed by atoms with van der Waals surface area (Å²) in [5, 5.41) is 5.46. The maximum absolute atomic E-state index is 12.6. The van der Waals surface area contributed by atoms with Crippen LogP contribution in [0.4, 0.5) is 5.69 Å². The van der Waals surface area contributed by atoms with Crippen molar-refractivity contribution < 1.29 is 17.9 Å². The molecule has 0 saturated carbocycles. The summed E-state index contributed by atoms with van der Waals surface area (Å²) < 4.78 is 32.1. The highest BCUT2D eigenvalue weighted by molar-refractivity contribution is 7.92. The van der Waals surface area contributed by atoms with Gasteiger partial charge in [0.25, 0.3) is 0 Å². The molecule has 2 aromatic heterocycles. The second-order valence-corrected chi connectivity index (χ2v) is 9.23. The maximum Gasteiger partial charge on any atom is 0.353 e. The number of anilines is 1. The molecular weight excluding hydrogens is 410 g/mol. The van der Waals surface area contributed by atoms with Gasteiger partial charge in [-0.05, 0) is 49.4 Å². The molecule has 4 rings (SSSR count). The Morgan fingerprint density at radius 3 is 2.45 bits per heavy atom. The number of rotatable bonds is 5. The minimum atomic E-state index is -3.36. The number of aromatic nitrogens is 2. The molecule has 0 bridgehead atoms. The standard InChI is InChI=1S/C20H17N3O4S2/c1-13-17-12-18(28-19(17)23(21-13)15-6-4-3-5-7-15)20(24)27-16-10-8-14(9-11-16)22-29(2,25)26/h3-12,22H,1-2H3. The van der Waals surface area contributed by atoms with Crippen LogP contribution in [0.1, 0.15) is 15.4 Å². The summed E-state index contributed by atoms with van der Waals surface area (Å²) in [5.41, 5.74) is 2.14. The number of nitrogens with zero attached hydrogens (tertiary/aromatic N) is 2. The molecule has 148 valence electrons. The number of hydrogen-bond donors (Lipinski definition) is 1. The molecule has 29 heavy (non-hydrogen) atoms. The topological polar surface area (TPSA) is 90.3 Å². The van der Waals surface area contributed by atoms with Crippen LogP contribution in [0.2, 0.25) is 0 Å². The van der Waals surface area contributed by atoms with Crippen LogP contribution in [0.5, 0.6) is 5.75 Å². The van der Waals surface area contributed by atoms with Crippen molar-refractivity contribution >= 4 is 43.2 Å². The Morgan fingerprint density at radius 1 is 1.10 bits per heavy atom. The number of ether oxygens (including phenoxy) is 1. The number of sulfonamides is 1. The lowest BCUT2D eigenvalue weighted by molar-refractivity contribution is 0.0740. The van der Waals surface area contributed by atoms with Gasteiger partial charge in [-0.1, -0.05) is 18.2 Å². The zero-order valence-corrected chi connectivity index (χ0v) is 17.3. The Kier molecular flexibility index (Phi) is 4.85. The monoisotopic (exact) mass is 427 g/mol. The maximum atomic E-state index is 12.6. The smallest absolute Gasteiger partial charge is 0.353 e. The molecule has 0 aliphatic rings. The second kappa shape index (κ2) is 7.34. The van der Waals surface area contributed by atoms with E-state index < -0.39 is 16.0 Å². The fourth-order valence-electron chi connectivity index (χ4n) is 2.85. The fraction of sp³-hybridized carbons (Fsp3) is 0.100. The molecule has 1 N–H and O–H groups in total. The summed E-state index contributed by atoms with van der Waals surface area (Å²) in [4.78, 5) is 13.9. The molecule has 0 atom stereocenters. The fourth-order valence-corrected chi connectivity index (χ4v) is 4.48. The van der Waals surface area contributed by atoms with E-state index in [2.05, 4.69) is 9.82 Å². The quantitative estimate of drug-likeness (QED) is 0.384. The van der Waals surface area contributed by atoms with Gasteiger partial charge in [0.05, 0.1) is 17.6 Å². The first kappa shape index (κ1) is 19.2. The molecule has 9 heteroatoms. The molecule has 2 heterocycles. The Morgan fingerprint density at radius 2 is 1.79 bits per heavy atom. The lowest BCUT2D eigenvalue weighted by Gasteiger charge is -2.06. The third-order valence-electron chi connectivity index (χ3n) is 4.11. The molecule has 0 fully saturated rings. The number of benzene rings is 2. The minimum absolute atomic E-state index is 0.327. The van der Waals surface area contributed by atoms with Crippen LogP contribution in [0.15, 0.2) is 60.7 Å². The average molecular weight is 428 g/mol. The average Bonchev–Trinajstić information content (AvgIpc) is 3.24. The van der Waals surface area contributed by atoms with E-state index >= 15 is 0 Å². The summed E-state index contributed by atoms with van der Waals surface area (Å²) in [7, 11) is -3.36. The molecule has 0 aliphatic heterocycles. The number of para-hydroxylation sites is 1. The van der Waals surface area contributed by atoms with Gasteiger partial charge >= 0.3 is 5.97 Å². The third kappa shape index (κ3) is 4.15. The third-order valence-corrected chi connectivity index (χ3v) is 5.81. The van der Waals surface area contributed by atoms with E-state index in [4.69, 9.17) is 4.74 Å². The highest BCUT2D eigenvalue weighted by Gasteiger charge is 2.18. The SMILES string of the molecule is Cc1nn(-c2ccccc2)c2sc(C(=O)Oc3ccc(NS(C)(=O)=O)cc3)cc12. The summed E-state index contributed by atoms with van der Waals surface area (Å²) in [6.45, 7) is 1.90. The van der Waals surface area contributed by atoms with Crippen LogP contribution in [0.3, 0.4) is 0 Å². The van der Waals surface area contributed by atoms with Gasteiger partial charge < -0.3 is 4.74 Å². The number of esters is 1. The largest absolute Gasteiger partial charge is 0.422 e. The van der Waals surface area contributed by atoms with Crippen molar-refractivity contribution in [2.24, 2.45) is 0 Å². The van der Waals surface area contributed by atoms with E-state index in [0.717, 1.165) is 27.9 Å². The molecule has 2 aromatic carbocycles. The van der Waals surface area contributed by atoms with Gasteiger partial charge in [0.2, 0.25) is 10.0 Å². The van der Waals surface area contributed by atoms with Crippen LogP contribution >= 0.6 is 11.3 Å². The van der Waals surface area contributed by atoms with Crippen LogP contribution in [0.25, 0.3) is 15.9 Å². The first-order valence-corrected chi connectivity index (χ1v) is 11.4. The van der Waals surface area contributed by atoms with Gasteiger partial charge in [-0.25, -0.2) is 17.9 Å². The lowest BCUT2D eigenvalue weighted by atomic mass is 10.3. The highest BCUT2D eigenvalue weighted by Crippen LogP contribution is 2.31. The molecule has 0 spiro atoms. The van der Waals surface area contributed by atoms with E-state index in [1.807, 2.05) is 41.9 Å². The molecule has 0 amide bonds. The van der Waals surface area contributed by atoms with Crippen molar-refractivity contribution in [2.75, 3.05) is 11.0 Å². The molecule has 7 nitrogen and oxygen atoms in total. The van der Waals surface area contributed by atoms with E-state index in [1.54, 1.807) is 6.07 Å². The van der Waals surface area contributed by atoms with Crippen molar-refractivity contribution in [3.8, 4) is 11.4 Å². The number of nitrogens with one attached hydrogen (secondary N) is 1. The molecule has 0 radical (unpaired) electrons. The molecule has 0 saturated heterocycles. The van der Waals surface area contributed by atoms with Crippen molar-refractivity contribution in [1.29, 1.82) is 0 Å². The van der Waals surface area contributed by atoms with Gasteiger partial charge in [0, 0.05) is 11.1 Å². The van der Waals surface area contributed by atoms with E-state index in [1.165, 1.54) is 35.6 Å². The summed E-state index contributed by atoms with van der Waals surface area (Å²) in [6.07, 6.45) is 1.07. The zero-order valence-electron chi connectivity index (χ0n) is 15.6. The number of hydrogen-bond acceptors (Lipinski definition) is 6. The number of fused-ring (bicyclic) bond motifs is 1. The Hall–Kier alpha value is -3.17. The van der Waals surface area contributed by atoms with Gasteiger partial charge in [-0.2, -0.15) is 5.10 Å².